The fourth-order valence-corrected chi connectivity index (χ4v) is 4.31. The van der Waals surface area contributed by atoms with Crippen molar-refractivity contribution in [3.8, 4) is 0 Å². The summed E-state index contributed by atoms with van der Waals surface area (Å²) in [5.74, 6) is -1.42. The van der Waals surface area contributed by atoms with Crippen molar-refractivity contribution >= 4 is 16.0 Å². The topological polar surface area (TPSA) is 104 Å². The highest BCUT2D eigenvalue weighted by Crippen LogP contribution is 2.24. The van der Waals surface area contributed by atoms with Gasteiger partial charge in [-0.05, 0) is 12.8 Å². The third kappa shape index (κ3) is 2.82. The lowest BCUT2D eigenvalue weighted by atomic mass is 10.2. The molecule has 2 rings (SSSR count). The number of ether oxygens (including phenoxy) is 1. The van der Waals surface area contributed by atoms with Gasteiger partial charge in [0.15, 0.2) is 0 Å². The molecular formula is C10H17NO6S. The SMILES string of the molecule is O=C(O)[C@@H]1CC(O)CN1S(=O)(=O)CC1CCCO1. The Balaban J connectivity index is 2.10. The first kappa shape index (κ1) is 13.7. The van der Waals surface area contributed by atoms with Crippen LogP contribution < -0.4 is 0 Å². The van der Waals surface area contributed by atoms with E-state index in [4.69, 9.17) is 9.84 Å². The Bertz CT molecular complexity index is 416. The van der Waals surface area contributed by atoms with Gasteiger partial charge < -0.3 is 14.9 Å². The molecule has 0 aromatic rings. The molecule has 2 aliphatic heterocycles. The van der Waals surface area contributed by atoms with Gasteiger partial charge in [-0.3, -0.25) is 4.79 Å². The second-order valence-electron chi connectivity index (χ2n) is 4.73. The van der Waals surface area contributed by atoms with Gasteiger partial charge in [0, 0.05) is 19.6 Å². The van der Waals surface area contributed by atoms with E-state index in [-0.39, 0.29) is 24.8 Å². The van der Waals surface area contributed by atoms with Crippen molar-refractivity contribution < 1.29 is 28.2 Å². The van der Waals surface area contributed by atoms with Crippen molar-refractivity contribution in [1.29, 1.82) is 0 Å². The van der Waals surface area contributed by atoms with Crippen molar-refractivity contribution in [1.82, 2.24) is 4.31 Å². The van der Waals surface area contributed by atoms with E-state index in [1.165, 1.54) is 0 Å². The number of rotatable bonds is 4. The molecule has 0 spiro atoms. The summed E-state index contributed by atoms with van der Waals surface area (Å²) in [4.78, 5) is 11.0. The van der Waals surface area contributed by atoms with E-state index in [2.05, 4.69) is 0 Å². The molecule has 0 radical (unpaired) electrons. The average Bonchev–Trinajstić information content (AvgIpc) is 2.86. The molecule has 7 nitrogen and oxygen atoms in total. The van der Waals surface area contributed by atoms with Crippen molar-refractivity contribution in [3.05, 3.63) is 0 Å². The molecular weight excluding hydrogens is 262 g/mol. The lowest BCUT2D eigenvalue weighted by molar-refractivity contribution is -0.140. The molecule has 0 saturated carbocycles. The van der Waals surface area contributed by atoms with Crippen LogP contribution in [0, 0.1) is 0 Å². The molecule has 104 valence electrons. The summed E-state index contributed by atoms with van der Waals surface area (Å²) in [5, 5.41) is 18.4. The van der Waals surface area contributed by atoms with Crippen molar-refractivity contribution in [3.63, 3.8) is 0 Å². The molecule has 0 aromatic heterocycles. The largest absolute Gasteiger partial charge is 0.480 e. The second-order valence-corrected chi connectivity index (χ2v) is 6.69. The molecule has 2 heterocycles. The predicted octanol–water partition coefficient (Wildman–Crippen LogP) is -0.985. The molecule has 2 fully saturated rings. The second kappa shape index (κ2) is 5.12. The maximum Gasteiger partial charge on any atom is 0.322 e. The summed E-state index contributed by atoms with van der Waals surface area (Å²) in [6, 6.07) is -1.16. The van der Waals surface area contributed by atoms with E-state index in [0.717, 1.165) is 10.7 Å². The van der Waals surface area contributed by atoms with E-state index in [9.17, 15) is 18.3 Å². The van der Waals surface area contributed by atoms with E-state index in [1.807, 2.05) is 0 Å². The van der Waals surface area contributed by atoms with Crippen molar-refractivity contribution in [2.24, 2.45) is 0 Å². The summed E-state index contributed by atoms with van der Waals surface area (Å²) in [7, 11) is -3.70. The summed E-state index contributed by atoms with van der Waals surface area (Å²) < 4.78 is 30.4. The Labute approximate surface area is 105 Å². The van der Waals surface area contributed by atoms with Crippen LogP contribution in [-0.4, -0.2) is 66.1 Å². The first-order chi connectivity index (χ1) is 8.40. The monoisotopic (exact) mass is 279 g/mol. The number of aliphatic hydroxyl groups is 1. The maximum atomic E-state index is 12.1. The fraction of sp³-hybridized carbons (Fsp3) is 0.900. The lowest BCUT2D eigenvalue weighted by Crippen LogP contribution is -2.43. The summed E-state index contributed by atoms with van der Waals surface area (Å²) in [6.45, 7) is 0.400. The number of aliphatic carboxylic acids is 1. The van der Waals surface area contributed by atoms with Gasteiger partial charge in [0.2, 0.25) is 10.0 Å². The van der Waals surface area contributed by atoms with Crippen LogP contribution in [0.2, 0.25) is 0 Å². The van der Waals surface area contributed by atoms with Crippen molar-refractivity contribution in [2.75, 3.05) is 18.9 Å². The highest BCUT2D eigenvalue weighted by Gasteiger charge is 2.43. The maximum absolute atomic E-state index is 12.1. The van der Waals surface area contributed by atoms with Gasteiger partial charge in [-0.15, -0.1) is 0 Å². The number of carboxylic acids is 1. The third-order valence-electron chi connectivity index (χ3n) is 3.30. The number of nitrogens with zero attached hydrogens (tertiary/aromatic N) is 1. The first-order valence-corrected chi connectivity index (χ1v) is 7.53. The standard InChI is InChI=1S/C10H17NO6S/c12-7-4-9(10(13)14)11(5-7)18(15,16)6-8-2-1-3-17-8/h7-9,12H,1-6H2,(H,13,14)/t7?,8?,9-/m0/s1. The molecule has 18 heavy (non-hydrogen) atoms. The molecule has 8 heteroatoms. The molecule has 0 aliphatic carbocycles. The van der Waals surface area contributed by atoms with E-state index < -0.39 is 28.1 Å². The van der Waals surface area contributed by atoms with Gasteiger partial charge in [0.25, 0.3) is 0 Å². The summed E-state index contributed by atoms with van der Waals surface area (Å²) >= 11 is 0. The number of hydrogen-bond acceptors (Lipinski definition) is 5. The quantitative estimate of drug-likeness (QED) is 0.685. The van der Waals surface area contributed by atoms with Gasteiger partial charge in [-0.1, -0.05) is 0 Å². The number of aliphatic hydroxyl groups excluding tert-OH is 1. The smallest absolute Gasteiger partial charge is 0.322 e. The predicted molar refractivity (Wildman–Crippen MR) is 61.5 cm³/mol. The van der Waals surface area contributed by atoms with Crippen LogP contribution in [-0.2, 0) is 19.6 Å². The van der Waals surface area contributed by atoms with E-state index in [0.29, 0.717) is 13.0 Å². The van der Waals surface area contributed by atoms with Crippen molar-refractivity contribution in [2.45, 2.75) is 37.5 Å². The number of hydrogen-bond donors (Lipinski definition) is 2. The first-order valence-electron chi connectivity index (χ1n) is 5.92. The number of carbonyl (C=O) groups is 1. The zero-order chi connectivity index (χ0) is 13.3. The van der Waals surface area contributed by atoms with Gasteiger partial charge in [-0.2, -0.15) is 4.31 Å². The van der Waals surface area contributed by atoms with Crippen LogP contribution in [0.15, 0.2) is 0 Å². The summed E-state index contributed by atoms with van der Waals surface area (Å²) in [6.07, 6.45) is 0.172. The van der Waals surface area contributed by atoms with Gasteiger partial charge >= 0.3 is 5.97 Å². The Hall–Kier alpha value is -0.700. The minimum absolute atomic E-state index is 0.0555. The molecule has 2 aliphatic rings. The van der Waals surface area contributed by atoms with Crippen LogP contribution in [0.5, 0.6) is 0 Å². The fourth-order valence-electron chi connectivity index (χ4n) is 2.42. The molecule has 0 bridgehead atoms. The van der Waals surface area contributed by atoms with Crippen LogP contribution in [0.3, 0.4) is 0 Å². The number of carboxylic acid groups (broad SMARTS) is 1. The Morgan fingerprint density at radius 2 is 2.17 bits per heavy atom. The van der Waals surface area contributed by atoms with Crippen LogP contribution in [0.1, 0.15) is 19.3 Å². The van der Waals surface area contributed by atoms with Gasteiger partial charge in [0.05, 0.1) is 18.0 Å². The Kier molecular flexibility index (Phi) is 3.90. The highest BCUT2D eigenvalue weighted by atomic mass is 32.2. The minimum Gasteiger partial charge on any atom is -0.480 e. The van der Waals surface area contributed by atoms with Crippen LogP contribution in [0.25, 0.3) is 0 Å². The molecule has 2 saturated heterocycles. The zero-order valence-electron chi connectivity index (χ0n) is 9.86. The number of sulfonamides is 1. The van der Waals surface area contributed by atoms with Crippen LogP contribution >= 0.6 is 0 Å². The number of β-amino-alcohol motifs (C(OH)–C–C–N with tert-alkyl or cyclic N) is 1. The minimum atomic E-state index is -3.70. The highest BCUT2D eigenvalue weighted by molar-refractivity contribution is 7.89. The Morgan fingerprint density at radius 3 is 2.72 bits per heavy atom. The normalized spacial score (nSPS) is 33.9. The zero-order valence-corrected chi connectivity index (χ0v) is 10.7. The van der Waals surface area contributed by atoms with Gasteiger partial charge in [0.1, 0.15) is 6.04 Å². The molecule has 0 amide bonds. The van der Waals surface area contributed by atoms with E-state index in [1.54, 1.807) is 0 Å². The van der Waals surface area contributed by atoms with Gasteiger partial charge in [-0.25, -0.2) is 8.42 Å². The average molecular weight is 279 g/mol. The lowest BCUT2D eigenvalue weighted by Gasteiger charge is -2.22. The molecule has 2 N–H and O–H groups in total. The Morgan fingerprint density at radius 1 is 1.44 bits per heavy atom. The molecule has 0 aromatic carbocycles. The van der Waals surface area contributed by atoms with Crippen LogP contribution in [0.4, 0.5) is 0 Å². The molecule has 2 unspecified atom stereocenters. The van der Waals surface area contributed by atoms with E-state index >= 15 is 0 Å². The third-order valence-corrected chi connectivity index (χ3v) is 5.21. The molecule has 3 atom stereocenters. The summed E-state index contributed by atoms with van der Waals surface area (Å²) in [5.41, 5.74) is 0.